The molecule has 2 aromatic carbocycles. The minimum Gasteiger partial charge on any atom is -0.398 e. The first-order valence-corrected chi connectivity index (χ1v) is 6.85. The van der Waals surface area contributed by atoms with Crippen LogP contribution >= 0.6 is 27.7 Å². The van der Waals surface area contributed by atoms with Gasteiger partial charge in [-0.3, -0.25) is 0 Å². The summed E-state index contributed by atoms with van der Waals surface area (Å²) in [6.45, 7) is 0. The molecule has 0 radical (unpaired) electrons. The Kier molecular flexibility index (Phi) is 4.07. The van der Waals surface area contributed by atoms with Gasteiger partial charge in [0.15, 0.2) is 0 Å². The zero-order chi connectivity index (χ0) is 12.3. The molecule has 0 atom stereocenters. The predicted octanol–water partition coefficient (Wildman–Crippen LogP) is 4.46. The molecule has 2 N–H and O–H groups in total. The highest BCUT2D eigenvalue weighted by Crippen LogP contribution is 2.27. The Morgan fingerprint density at radius 3 is 2.71 bits per heavy atom. The van der Waals surface area contributed by atoms with E-state index in [-0.39, 0.29) is 5.82 Å². The van der Waals surface area contributed by atoms with E-state index in [2.05, 4.69) is 15.9 Å². The molecule has 0 saturated heterocycles. The van der Waals surface area contributed by atoms with Gasteiger partial charge in [-0.2, -0.15) is 0 Å². The first-order valence-electron chi connectivity index (χ1n) is 5.07. The van der Waals surface area contributed by atoms with E-state index in [1.807, 2.05) is 24.3 Å². The van der Waals surface area contributed by atoms with E-state index in [0.717, 1.165) is 20.7 Å². The molecule has 0 fully saturated rings. The molecular formula is C13H11BrFNS. The van der Waals surface area contributed by atoms with E-state index in [4.69, 9.17) is 5.73 Å². The van der Waals surface area contributed by atoms with Crippen molar-refractivity contribution in [3.63, 3.8) is 0 Å². The fraction of sp³-hybridized carbons (Fsp3) is 0.0769. The molecule has 0 unspecified atom stereocenters. The average Bonchev–Trinajstić information content (AvgIpc) is 2.28. The van der Waals surface area contributed by atoms with Crippen LogP contribution in [-0.2, 0) is 5.75 Å². The zero-order valence-corrected chi connectivity index (χ0v) is 11.4. The highest BCUT2D eigenvalue weighted by Gasteiger charge is 2.02. The van der Waals surface area contributed by atoms with Gasteiger partial charge in [-0.05, 0) is 35.9 Å². The van der Waals surface area contributed by atoms with Gasteiger partial charge in [0.2, 0.25) is 0 Å². The molecule has 17 heavy (non-hydrogen) atoms. The quantitative estimate of drug-likeness (QED) is 0.669. The summed E-state index contributed by atoms with van der Waals surface area (Å²) < 4.78 is 13.9. The fourth-order valence-electron chi connectivity index (χ4n) is 1.42. The number of halogens is 2. The second kappa shape index (κ2) is 5.56. The van der Waals surface area contributed by atoms with Gasteiger partial charge >= 0.3 is 0 Å². The summed E-state index contributed by atoms with van der Waals surface area (Å²) in [6, 6.07) is 12.6. The van der Waals surface area contributed by atoms with Gasteiger partial charge in [-0.1, -0.05) is 28.1 Å². The van der Waals surface area contributed by atoms with E-state index < -0.39 is 0 Å². The molecule has 0 aliphatic heterocycles. The van der Waals surface area contributed by atoms with E-state index in [1.165, 1.54) is 12.1 Å². The van der Waals surface area contributed by atoms with E-state index in [9.17, 15) is 4.39 Å². The Labute approximate surface area is 112 Å². The van der Waals surface area contributed by atoms with Crippen LogP contribution in [0, 0.1) is 5.82 Å². The third-order valence-electron chi connectivity index (χ3n) is 2.30. The van der Waals surface area contributed by atoms with Gasteiger partial charge in [-0.25, -0.2) is 4.39 Å². The van der Waals surface area contributed by atoms with Gasteiger partial charge in [0.1, 0.15) is 5.82 Å². The van der Waals surface area contributed by atoms with Crippen molar-refractivity contribution in [3.8, 4) is 0 Å². The molecule has 1 nitrogen and oxygen atoms in total. The maximum Gasteiger partial charge on any atom is 0.125 e. The monoisotopic (exact) mass is 311 g/mol. The molecule has 88 valence electrons. The normalized spacial score (nSPS) is 10.5. The van der Waals surface area contributed by atoms with Crippen LogP contribution in [-0.4, -0.2) is 0 Å². The Hall–Kier alpha value is -1.00. The van der Waals surface area contributed by atoms with Gasteiger partial charge < -0.3 is 5.73 Å². The maximum atomic E-state index is 12.9. The van der Waals surface area contributed by atoms with Crippen molar-refractivity contribution < 1.29 is 4.39 Å². The van der Waals surface area contributed by atoms with Crippen LogP contribution in [0.1, 0.15) is 5.56 Å². The first-order chi connectivity index (χ1) is 8.15. The Morgan fingerprint density at radius 2 is 2.00 bits per heavy atom. The lowest BCUT2D eigenvalue weighted by molar-refractivity contribution is 0.628. The molecule has 0 bridgehead atoms. The van der Waals surface area contributed by atoms with E-state index in [1.54, 1.807) is 17.8 Å². The van der Waals surface area contributed by atoms with Crippen LogP contribution in [0.2, 0.25) is 0 Å². The summed E-state index contributed by atoms with van der Waals surface area (Å²) in [5.74, 6) is 0.446. The summed E-state index contributed by atoms with van der Waals surface area (Å²) in [5.41, 5.74) is 7.21. The Morgan fingerprint density at radius 1 is 1.18 bits per heavy atom. The molecule has 0 aliphatic rings. The molecule has 4 heteroatoms. The third kappa shape index (κ3) is 3.48. The second-order valence-corrected chi connectivity index (χ2v) is 5.55. The van der Waals surface area contributed by atoms with Gasteiger partial charge in [-0.15, -0.1) is 11.8 Å². The minimum absolute atomic E-state index is 0.293. The highest BCUT2D eigenvalue weighted by atomic mass is 79.9. The van der Waals surface area contributed by atoms with Crippen molar-refractivity contribution in [2.75, 3.05) is 5.73 Å². The van der Waals surface area contributed by atoms with Crippen LogP contribution in [0.5, 0.6) is 0 Å². The highest BCUT2D eigenvalue weighted by molar-refractivity contribution is 9.10. The molecule has 2 rings (SSSR count). The topological polar surface area (TPSA) is 26.0 Å². The van der Waals surface area contributed by atoms with Gasteiger partial charge in [0, 0.05) is 20.8 Å². The predicted molar refractivity (Wildman–Crippen MR) is 74.5 cm³/mol. The Balaban J connectivity index is 2.07. The van der Waals surface area contributed by atoms with Crippen LogP contribution in [0.4, 0.5) is 10.1 Å². The molecule has 0 saturated carbocycles. The Bertz CT molecular complexity index is 531. The molecule has 0 aromatic heterocycles. The zero-order valence-electron chi connectivity index (χ0n) is 8.99. The number of rotatable bonds is 3. The van der Waals surface area contributed by atoms with E-state index in [0.29, 0.717) is 5.69 Å². The van der Waals surface area contributed by atoms with Crippen molar-refractivity contribution in [1.82, 2.24) is 0 Å². The van der Waals surface area contributed by atoms with Crippen LogP contribution in [0.3, 0.4) is 0 Å². The summed E-state index contributed by atoms with van der Waals surface area (Å²) in [4.78, 5) is 1.16. The molecule has 0 spiro atoms. The van der Waals surface area contributed by atoms with E-state index >= 15 is 0 Å². The van der Waals surface area contributed by atoms with Crippen molar-refractivity contribution in [2.24, 2.45) is 0 Å². The van der Waals surface area contributed by atoms with Crippen LogP contribution in [0.25, 0.3) is 0 Å². The van der Waals surface area contributed by atoms with Crippen LogP contribution in [0.15, 0.2) is 51.8 Å². The lowest BCUT2D eigenvalue weighted by atomic mass is 10.2. The lowest BCUT2D eigenvalue weighted by Gasteiger charge is -2.06. The number of anilines is 1. The fourth-order valence-corrected chi connectivity index (χ4v) is 2.94. The lowest BCUT2D eigenvalue weighted by Crippen LogP contribution is -1.93. The smallest absolute Gasteiger partial charge is 0.125 e. The van der Waals surface area contributed by atoms with Crippen molar-refractivity contribution >= 4 is 33.4 Å². The standard InChI is InChI=1S/C13H11BrFNS/c14-10-2-1-3-12(6-10)17-8-9-4-5-11(15)7-13(9)16/h1-7H,8,16H2. The molecule has 0 aliphatic carbocycles. The van der Waals surface area contributed by atoms with Crippen molar-refractivity contribution in [2.45, 2.75) is 10.6 Å². The van der Waals surface area contributed by atoms with Gasteiger partial charge in [0.05, 0.1) is 0 Å². The largest absolute Gasteiger partial charge is 0.398 e. The number of hydrogen-bond donors (Lipinski definition) is 1. The summed E-state index contributed by atoms with van der Waals surface area (Å²) >= 11 is 5.10. The van der Waals surface area contributed by atoms with Crippen molar-refractivity contribution in [1.29, 1.82) is 0 Å². The number of nitrogens with two attached hydrogens (primary N) is 1. The number of nitrogen functional groups attached to an aromatic ring is 1. The molecular weight excluding hydrogens is 301 g/mol. The van der Waals surface area contributed by atoms with Gasteiger partial charge in [0.25, 0.3) is 0 Å². The third-order valence-corrected chi connectivity index (χ3v) is 3.83. The number of hydrogen-bond acceptors (Lipinski definition) is 2. The second-order valence-electron chi connectivity index (χ2n) is 3.59. The average molecular weight is 312 g/mol. The summed E-state index contributed by atoms with van der Waals surface area (Å²) in [6.07, 6.45) is 0. The maximum absolute atomic E-state index is 12.9. The number of thioether (sulfide) groups is 1. The molecule has 0 heterocycles. The molecule has 2 aromatic rings. The van der Waals surface area contributed by atoms with Crippen molar-refractivity contribution in [3.05, 3.63) is 58.3 Å². The SMILES string of the molecule is Nc1cc(F)ccc1CSc1cccc(Br)c1. The summed E-state index contributed by atoms with van der Waals surface area (Å²) in [5, 5.41) is 0. The summed E-state index contributed by atoms with van der Waals surface area (Å²) in [7, 11) is 0. The minimum atomic E-state index is -0.293. The number of benzene rings is 2. The first kappa shape index (κ1) is 12.5. The molecule has 0 amide bonds. The van der Waals surface area contributed by atoms with Crippen LogP contribution < -0.4 is 5.73 Å².